The van der Waals surface area contributed by atoms with Crippen molar-refractivity contribution in [2.24, 2.45) is 5.73 Å². The van der Waals surface area contributed by atoms with E-state index >= 15 is 0 Å². The van der Waals surface area contributed by atoms with E-state index < -0.39 is 0 Å². The van der Waals surface area contributed by atoms with Gasteiger partial charge in [-0.3, -0.25) is 4.79 Å². The second-order valence-electron chi connectivity index (χ2n) is 5.68. The highest BCUT2D eigenvalue weighted by Gasteiger charge is 2.15. The number of hydrogen-bond donors (Lipinski definition) is 2. The van der Waals surface area contributed by atoms with Crippen molar-refractivity contribution in [3.8, 4) is 11.5 Å². The number of aromatic nitrogens is 1. The number of nitrogens with one attached hydrogen (secondary N) is 1. The molecule has 136 valence electrons. The van der Waals surface area contributed by atoms with E-state index in [9.17, 15) is 4.79 Å². The molecule has 7 heteroatoms. The van der Waals surface area contributed by atoms with E-state index in [0.717, 1.165) is 25.0 Å². The number of unbranched alkanes of at least 4 members (excludes halogenated alkanes) is 1. The Hall–Kier alpha value is -2.12. The number of amides is 1. The molecule has 0 aliphatic rings. The van der Waals surface area contributed by atoms with E-state index in [4.69, 9.17) is 15.2 Å². The Labute approximate surface area is 152 Å². The van der Waals surface area contributed by atoms with E-state index in [-0.39, 0.29) is 11.9 Å². The largest absolute Gasteiger partial charge is 0.493 e. The lowest BCUT2D eigenvalue weighted by atomic mass is 10.1. The Morgan fingerprint density at radius 1 is 1.40 bits per heavy atom. The maximum atomic E-state index is 12.4. The van der Waals surface area contributed by atoms with Crippen LogP contribution in [-0.2, 0) is 6.61 Å². The van der Waals surface area contributed by atoms with Crippen LogP contribution >= 0.6 is 11.3 Å². The van der Waals surface area contributed by atoms with E-state index in [1.54, 1.807) is 30.8 Å². The maximum absolute atomic E-state index is 12.4. The summed E-state index contributed by atoms with van der Waals surface area (Å²) >= 11 is 1.52. The van der Waals surface area contributed by atoms with Gasteiger partial charge in [-0.2, -0.15) is 0 Å². The number of carbonyl (C=O) groups is 1. The van der Waals surface area contributed by atoms with Crippen LogP contribution in [0.25, 0.3) is 0 Å². The molecule has 0 bridgehead atoms. The van der Waals surface area contributed by atoms with E-state index in [1.807, 2.05) is 5.38 Å². The molecule has 0 radical (unpaired) electrons. The van der Waals surface area contributed by atoms with Crippen LogP contribution in [0, 0.1) is 0 Å². The zero-order chi connectivity index (χ0) is 18.1. The zero-order valence-corrected chi connectivity index (χ0v) is 15.5. The van der Waals surface area contributed by atoms with E-state index in [2.05, 4.69) is 17.2 Å². The summed E-state index contributed by atoms with van der Waals surface area (Å²) in [4.78, 5) is 16.6. The van der Waals surface area contributed by atoms with Gasteiger partial charge in [0.25, 0.3) is 5.91 Å². The predicted octanol–water partition coefficient (Wildman–Crippen LogP) is 2.98. The Morgan fingerprint density at radius 3 is 2.88 bits per heavy atom. The molecule has 25 heavy (non-hydrogen) atoms. The fourth-order valence-corrected chi connectivity index (χ4v) is 2.90. The first-order valence-corrected chi connectivity index (χ1v) is 9.31. The van der Waals surface area contributed by atoms with Gasteiger partial charge in [0.05, 0.1) is 18.3 Å². The van der Waals surface area contributed by atoms with Crippen LogP contribution in [0.1, 0.15) is 42.2 Å². The number of thiazole rings is 1. The molecule has 0 aliphatic carbocycles. The summed E-state index contributed by atoms with van der Waals surface area (Å²) in [5, 5.41) is 4.90. The summed E-state index contributed by atoms with van der Waals surface area (Å²) in [7, 11) is 1.55. The Morgan fingerprint density at radius 2 is 2.24 bits per heavy atom. The topological polar surface area (TPSA) is 86.5 Å². The average molecular weight is 363 g/mol. The Kier molecular flexibility index (Phi) is 7.69. The van der Waals surface area contributed by atoms with Crippen molar-refractivity contribution in [3.63, 3.8) is 0 Å². The molecule has 3 N–H and O–H groups in total. The summed E-state index contributed by atoms with van der Waals surface area (Å²) in [6, 6.07) is 5.13. The third-order valence-electron chi connectivity index (χ3n) is 3.81. The van der Waals surface area contributed by atoms with Gasteiger partial charge in [0.15, 0.2) is 11.5 Å². The van der Waals surface area contributed by atoms with Crippen molar-refractivity contribution in [2.45, 2.75) is 38.8 Å². The normalized spacial score (nSPS) is 11.8. The van der Waals surface area contributed by atoms with Crippen LogP contribution in [0.4, 0.5) is 0 Å². The van der Waals surface area contributed by atoms with E-state index in [0.29, 0.717) is 30.2 Å². The minimum Gasteiger partial charge on any atom is -0.493 e. The first-order valence-electron chi connectivity index (χ1n) is 8.36. The molecule has 2 aromatic rings. The van der Waals surface area contributed by atoms with Gasteiger partial charge in [0.2, 0.25) is 0 Å². The van der Waals surface area contributed by atoms with Gasteiger partial charge < -0.3 is 20.5 Å². The molecule has 1 atom stereocenters. The van der Waals surface area contributed by atoms with Gasteiger partial charge in [-0.15, -0.1) is 11.3 Å². The Bertz CT molecular complexity index is 662. The van der Waals surface area contributed by atoms with Gasteiger partial charge in [0, 0.05) is 23.5 Å². The molecule has 1 unspecified atom stereocenters. The predicted molar refractivity (Wildman–Crippen MR) is 99.3 cm³/mol. The molecular formula is C18H25N3O3S. The average Bonchev–Trinajstić information content (AvgIpc) is 3.16. The van der Waals surface area contributed by atoms with Crippen molar-refractivity contribution in [1.82, 2.24) is 10.3 Å². The number of nitrogens with zero attached hydrogens (tertiary/aromatic N) is 1. The zero-order valence-electron chi connectivity index (χ0n) is 14.7. The molecule has 0 fully saturated rings. The van der Waals surface area contributed by atoms with Gasteiger partial charge in [-0.1, -0.05) is 19.8 Å². The lowest BCUT2D eigenvalue weighted by Gasteiger charge is -2.17. The first-order chi connectivity index (χ1) is 12.2. The number of hydrogen-bond acceptors (Lipinski definition) is 6. The molecule has 1 aromatic heterocycles. The highest BCUT2D eigenvalue weighted by Crippen LogP contribution is 2.29. The van der Waals surface area contributed by atoms with Crippen molar-refractivity contribution in [3.05, 3.63) is 40.3 Å². The summed E-state index contributed by atoms with van der Waals surface area (Å²) in [6.45, 7) is 2.90. The van der Waals surface area contributed by atoms with Crippen LogP contribution in [0.15, 0.2) is 29.1 Å². The number of ether oxygens (including phenoxy) is 2. The monoisotopic (exact) mass is 363 g/mol. The van der Waals surface area contributed by atoms with E-state index in [1.165, 1.54) is 11.3 Å². The van der Waals surface area contributed by atoms with Crippen molar-refractivity contribution in [1.29, 1.82) is 0 Å². The smallest absolute Gasteiger partial charge is 0.251 e. The molecule has 2 rings (SSSR count). The van der Waals surface area contributed by atoms with Crippen LogP contribution in [0.2, 0.25) is 0 Å². The van der Waals surface area contributed by atoms with Gasteiger partial charge >= 0.3 is 0 Å². The summed E-state index contributed by atoms with van der Waals surface area (Å²) < 4.78 is 11.1. The second-order valence-corrected chi connectivity index (χ2v) is 6.40. The standard InChI is InChI=1S/C18H25N3O3S/c1-3-4-5-14(9-19)21-18(22)13-6-7-16(17(8-13)23-2)24-10-15-11-25-12-20-15/h6-8,11-12,14H,3-5,9-10,19H2,1-2H3,(H,21,22). The third kappa shape index (κ3) is 5.72. The highest BCUT2D eigenvalue weighted by molar-refractivity contribution is 7.07. The quantitative estimate of drug-likeness (QED) is 0.678. The van der Waals surface area contributed by atoms with Gasteiger partial charge in [-0.25, -0.2) is 4.98 Å². The molecular weight excluding hydrogens is 338 g/mol. The van der Waals surface area contributed by atoms with Crippen LogP contribution in [0.3, 0.4) is 0 Å². The summed E-state index contributed by atoms with van der Waals surface area (Å²) in [5.74, 6) is 0.935. The number of benzene rings is 1. The minimum atomic E-state index is -0.157. The summed E-state index contributed by atoms with van der Waals surface area (Å²) in [5.41, 5.74) is 8.88. The molecule has 1 amide bonds. The molecule has 0 spiro atoms. The van der Waals surface area contributed by atoms with Gasteiger partial charge in [0.1, 0.15) is 6.61 Å². The molecule has 1 heterocycles. The van der Waals surface area contributed by atoms with Crippen molar-refractivity contribution < 1.29 is 14.3 Å². The number of nitrogens with two attached hydrogens (primary N) is 1. The lowest BCUT2D eigenvalue weighted by molar-refractivity contribution is 0.0935. The molecule has 6 nitrogen and oxygen atoms in total. The first kappa shape index (κ1) is 19.2. The SMILES string of the molecule is CCCCC(CN)NC(=O)c1ccc(OCc2cscn2)c(OC)c1. The Balaban J connectivity index is 2.02. The van der Waals surface area contributed by atoms with Crippen molar-refractivity contribution >= 4 is 17.2 Å². The number of carbonyl (C=O) groups excluding carboxylic acids is 1. The van der Waals surface area contributed by atoms with Gasteiger partial charge in [-0.05, 0) is 24.6 Å². The fraction of sp³-hybridized carbons (Fsp3) is 0.444. The summed E-state index contributed by atoms with van der Waals surface area (Å²) in [6.07, 6.45) is 2.99. The van der Waals surface area contributed by atoms with Crippen molar-refractivity contribution in [2.75, 3.05) is 13.7 Å². The minimum absolute atomic E-state index is 0.0148. The molecule has 0 aliphatic heterocycles. The highest BCUT2D eigenvalue weighted by atomic mass is 32.1. The van der Waals surface area contributed by atoms with Crippen LogP contribution < -0.4 is 20.5 Å². The molecule has 0 saturated heterocycles. The fourth-order valence-electron chi connectivity index (χ4n) is 2.36. The molecule has 0 saturated carbocycles. The number of rotatable bonds is 10. The molecule has 1 aromatic carbocycles. The number of methoxy groups -OCH3 is 1. The van der Waals surface area contributed by atoms with Crippen LogP contribution in [0.5, 0.6) is 11.5 Å². The second kappa shape index (κ2) is 10.0. The third-order valence-corrected chi connectivity index (χ3v) is 4.45. The lowest BCUT2D eigenvalue weighted by Crippen LogP contribution is -2.40. The maximum Gasteiger partial charge on any atom is 0.251 e. The van der Waals surface area contributed by atoms with Crippen LogP contribution in [-0.4, -0.2) is 30.6 Å².